The van der Waals surface area contributed by atoms with Crippen molar-refractivity contribution in [2.24, 2.45) is 5.92 Å². The number of nitrogens with zero attached hydrogens (tertiary/aromatic N) is 1. The zero-order chi connectivity index (χ0) is 15.1. The molecule has 1 aliphatic rings. The van der Waals surface area contributed by atoms with Crippen molar-refractivity contribution in [3.05, 3.63) is 0 Å². The Morgan fingerprint density at radius 1 is 1.30 bits per heavy atom. The molecule has 1 atom stereocenters. The van der Waals surface area contributed by atoms with Gasteiger partial charge in [0.25, 0.3) is 0 Å². The van der Waals surface area contributed by atoms with Crippen LogP contribution in [0.25, 0.3) is 0 Å². The van der Waals surface area contributed by atoms with Crippen molar-refractivity contribution in [3.8, 4) is 0 Å². The minimum absolute atomic E-state index is 0.196. The van der Waals surface area contributed by atoms with Crippen LogP contribution in [-0.2, 0) is 4.79 Å². The summed E-state index contributed by atoms with van der Waals surface area (Å²) in [5.41, 5.74) is 0. The molecule has 0 aromatic heterocycles. The van der Waals surface area contributed by atoms with Gasteiger partial charge in [0, 0.05) is 12.6 Å². The quantitative estimate of drug-likeness (QED) is 0.660. The SMILES string of the molecule is CC(C)CCN(C(=O)NC(CO)C(=O)O)C1CCCC1. The van der Waals surface area contributed by atoms with E-state index in [0.29, 0.717) is 12.5 Å². The van der Waals surface area contributed by atoms with Gasteiger partial charge in [0.15, 0.2) is 6.04 Å². The first-order valence-electron chi connectivity index (χ1n) is 7.36. The second-order valence-electron chi connectivity index (χ2n) is 5.84. The molecule has 1 fully saturated rings. The summed E-state index contributed by atoms with van der Waals surface area (Å²) < 4.78 is 0. The Bertz CT molecular complexity index is 327. The zero-order valence-electron chi connectivity index (χ0n) is 12.3. The Morgan fingerprint density at radius 2 is 1.90 bits per heavy atom. The molecule has 0 saturated heterocycles. The highest BCUT2D eigenvalue weighted by Crippen LogP contribution is 2.24. The van der Waals surface area contributed by atoms with Crippen molar-refractivity contribution in [3.63, 3.8) is 0 Å². The van der Waals surface area contributed by atoms with Crippen LogP contribution >= 0.6 is 0 Å². The van der Waals surface area contributed by atoms with E-state index < -0.39 is 18.6 Å². The number of hydrogen-bond acceptors (Lipinski definition) is 3. The van der Waals surface area contributed by atoms with Gasteiger partial charge in [-0.2, -0.15) is 0 Å². The number of urea groups is 1. The van der Waals surface area contributed by atoms with E-state index in [0.717, 1.165) is 32.1 Å². The topological polar surface area (TPSA) is 89.9 Å². The molecule has 0 heterocycles. The standard InChI is InChI=1S/C14H26N2O4/c1-10(2)7-8-16(11-5-3-4-6-11)14(20)15-12(9-17)13(18)19/h10-12,17H,3-9H2,1-2H3,(H,15,20)(H,18,19). The van der Waals surface area contributed by atoms with E-state index in [9.17, 15) is 9.59 Å². The Balaban J connectivity index is 2.65. The van der Waals surface area contributed by atoms with E-state index in [1.54, 1.807) is 4.90 Å². The zero-order valence-corrected chi connectivity index (χ0v) is 12.3. The third-order valence-electron chi connectivity index (χ3n) is 3.75. The molecule has 0 aromatic carbocycles. The molecule has 3 N–H and O–H groups in total. The Labute approximate surface area is 120 Å². The van der Waals surface area contributed by atoms with Gasteiger partial charge in [-0.05, 0) is 25.2 Å². The minimum Gasteiger partial charge on any atom is -0.480 e. The number of nitrogens with one attached hydrogen (secondary N) is 1. The maximum absolute atomic E-state index is 12.3. The Kier molecular flexibility index (Phi) is 6.78. The van der Waals surface area contributed by atoms with Crippen LogP contribution in [0.2, 0.25) is 0 Å². The summed E-state index contributed by atoms with van der Waals surface area (Å²) in [5, 5.41) is 20.3. The molecule has 1 aliphatic carbocycles. The van der Waals surface area contributed by atoms with E-state index >= 15 is 0 Å². The van der Waals surface area contributed by atoms with Crippen molar-refractivity contribution in [1.29, 1.82) is 0 Å². The molecule has 0 aromatic rings. The summed E-state index contributed by atoms with van der Waals surface area (Å²) in [6.45, 7) is 4.23. The van der Waals surface area contributed by atoms with Gasteiger partial charge < -0.3 is 20.4 Å². The molecule has 1 unspecified atom stereocenters. The van der Waals surface area contributed by atoms with E-state index in [-0.39, 0.29) is 12.1 Å². The van der Waals surface area contributed by atoms with Crippen LogP contribution in [0.5, 0.6) is 0 Å². The molecule has 2 amide bonds. The lowest BCUT2D eigenvalue weighted by Gasteiger charge is -2.30. The maximum atomic E-state index is 12.3. The first-order valence-corrected chi connectivity index (χ1v) is 7.36. The molecule has 0 spiro atoms. The predicted molar refractivity (Wildman–Crippen MR) is 75.5 cm³/mol. The van der Waals surface area contributed by atoms with Crippen molar-refractivity contribution >= 4 is 12.0 Å². The fourth-order valence-electron chi connectivity index (χ4n) is 2.48. The third kappa shape index (κ3) is 5.00. The Hall–Kier alpha value is -1.30. The largest absolute Gasteiger partial charge is 0.480 e. The van der Waals surface area contributed by atoms with Gasteiger partial charge in [0.05, 0.1) is 6.61 Å². The van der Waals surface area contributed by atoms with E-state index in [2.05, 4.69) is 19.2 Å². The first-order chi connectivity index (χ1) is 9.45. The van der Waals surface area contributed by atoms with Gasteiger partial charge in [-0.3, -0.25) is 0 Å². The molecular weight excluding hydrogens is 260 g/mol. The van der Waals surface area contributed by atoms with Crippen LogP contribution in [0.4, 0.5) is 4.79 Å². The molecule has 1 rings (SSSR count). The van der Waals surface area contributed by atoms with E-state index in [1.165, 1.54) is 0 Å². The van der Waals surface area contributed by atoms with Crippen molar-refractivity contribution in [2.45, 2.75) is 58.0 Å². The average Bonchev–Trinajstić information content (AvgIpc) is 2.89. The molecule has 1 saturated carbocycles. The summed E-state index contributed by atoms with van der Waals surface area (Å²) in [6.07, 6.45) is 5.06. The summed E-state index contributed by atoms with van der Waals surface area (Å²) in [7, 11) is 0. The van der Waals surface area contributed by atoms with Crippen molar-refractivity contribution in [2.75, 3.05) is 13.2 Å². The van der Waals surface area contributed by atoms with E-state index in [4.69, 9.17) is 10.2 Å². The molecular formula is C14H26N2O4. The molecule has 20 heavy (non-hydrogen) atoms. The lowest BCUT2D eigenvalue weighted by Crippen LogP contribution is -2.52. The highest BCUT2D eigenvalue weighted by atomic mass is 16.4. The van der Waals surface area contributed by atoms with Gasteiger partial charge in [0.1, 0.15) is 0 Å². The van der Waals surface area contributed by atoms with Gasteiger partial charge in [-0.25, -0.2) is 9.59 Å². The molecule has 0 bridgehead atoms. The lowest BCUT2D eigenvalue weighted by atomic mass is 10.1. The summed E-state index contributed by atoms with van der Waals surface area (Å²) in [6, 6.07) is -1.41. The molecule has 0 aliphatic heterocycles. The summed E-state index contributed by atoms with van der Waals surface area (Å²) in [5.74, 6) is -0.726. The Morgan fingerprint density at radius 3 is 2.35 bits per heavy atom. The summed E-state index contributed by atoms with van der Waals surface area (Å²) in [4.78, 5) is 24.9. The highest BCUT2D eigenvalue weighted by molar-refractivity contribution is 5.82. The van der Waals surface area contributed by atoms with Crippen LogP contribution in [0.3, 0.4) is 0 Å². The number of rotatable bonds is 7. The van der Waals surface area contributed by atoms with Gasteiger partial charge >= 0.3 is 12.0 Å². The smallest absolute Gasteiger partial charge is 0.328 e. The minimum atomic E-state index is -1.23. The maximum Gasteiger partial charge on any atom is 0.328 e. The monoisotopic (exact) mass is 286 g/mol. The summed E-state index contributed by atoms with van der Waals surface area (Å²) >= 11 is 0. The number of carboxylic acids is 1. The van der Waals surface area contributed by atoms with Crippen LogP contribution < -0.4 is 5.32 Å². The highest BCUT2D eigenvalue weighted by Gasteiger charge is 2.29. The predicted octanol–water partition coefficient (Wildman–Crippen LogP) is 1.43. The normalized spacial score (nSPS) is 17.2. The van der Waals surface area contributed by atoms with Crippen LogP contribution in [0.15, 0.2) is 0 Å². The number of aliphatic hydroxyl groups is 1. The first kappa shape index (κ1) is 16.8. The molecule has 116 valence electrons. The van der Waals surface area contributed by atoms with Crippen LogP contribution in [0, 0.1) is 5.92 Å². The average molecular weight is 286 g/mol. The number of amides is 2. The number of aliphatic hydroxyl groups excluding tert-OH is 1. The number of carboxylic acid groups (broad SMARTS) is 1. The second kappa shape index (κ2) is 8.09. The fraction of sp³-hybridized carbons (Fsp3) is 0.857. The van der Waals surface area contributed by atoms with Crippen molar-refractivity contribution < 1.29 is 19.8 Å². The van der Waals surface area contributed by atoms with Gasteiger partial charge in [0.2, 0.25) is 0 Å². The van der Waals surface area contributed by atoms with Gasteiger partial charge in [-0.1, -0.05) is 26.7 Å². The number of hydrogen-bond donors (Lipinski definition) is 3. The van der Waals surface area contributed by atoms with Crippen molar-refractivity contribution in [1.82, 2.24) is 10.2 Å². The lowest BCUT2D eigenvalue weighted by molar-refractivity contribution is -0.140. The number of carbonyl (C=O) groups excluding carboxylic acids is 1. The molecule has 0 radical (unpaired) electrons. The van der Waals surface area contributed by atoms with Crippen LogP contribution in [0.1, 0.15) is 46.0 Å². The second-order valence-corrected chi connectivity index (χ2v) is 5.84. The number of carbonyl (C=O) groups is 2. The van der Waals surface area contributed by atoms with E-state index in [1.807, 2.05) is 0 Å². The fourth-order valence-corrected chi connectivity index (χ4v) is 2.48. The molecule has 6 heteroatoms. The van der Waals surface area contributed by atoms with Crippen LogP contribution in [-0.4, -0.2) is 52.3 Å². The molecule has 6 nitrogen and oxygen atoms in total. The van der Waals surface area contributed by atoms with Gasteiger partial charge in [-0.15, -0.1) is 0 Å². The third-order valence-corrected chi connectivity index (χ3v) is 3.75. The number of aliphatic carboxylic acids is 1.